The molecule has 0 bridgehead atoms. The molecule has 2 aromatic carbocycles. The third-order valence-corrected chi connectivity index (χ3v) is 4.65. The Morgan fingerprint density at radius 1 is 0.963 bits per heavy atom. The van der Waals surface area contributed by atoms with Gasteiger partial charge in [-0.05, 0) is 46.3 Å². The first-order chi connectivity index (χ1) is 13.2. The van der Waals surface area contributed by atoms with E-state index in [1.807, 2.05) is 60.8 Å². The number of pyridine rings is 1. The lowest BCUT2D eigenvalue weighted by atomic mass is 10.3. The number of anilines is 2. The number of rotatable bonds is 4. The van der Waals surface area contributed by atoms with Gasteiger partial charge in [0.1, 0.15) is 16.1 Å². The largest absolute Gasteiger partial charge is 0.457 e. The third kappa shape index (κ3) is 3.13. The Hall–Kier alpha value is -3.32. The summed E-state index contributed by atoms with van der Waals surface area (Å²) in [7, 11) is 0. The molecule has 0 fully saturated rings. The monoisotopic (exact) mass is 419 g/mol. The van der Waals surface area contributed by atoms with Crippen LogP contribution in [0.25, 0.3) is 21.9 Å². The van der Waals surface area contributed by atoms with Gasteiger partial charge in [0.25, 0.3) is 0 Å². The first-order valence-electron chi connectivity index (χ1n) is 8.37. The molecule has 6 nitrogen and oxygen atoms in total. The predicted molar refractivity (Wildman–Crippen MR) is 110 cm³/mol. The first-order valence-corrected chi connectivity index (χ1v) is 9.16. The van der Waals surface area contributed by atoms with Crippen LogP contribution < -0.4 is 10.1 Å². The van der Waals surface area contributed by atoms with E-state index in [4.69, 9.17) is 4.74 Å². The summed E-state index contributed by atoms with van der Waals surface area (Å²) in [5, 5.41) is 4.36. The summed E-state index contributed by atoms with van der Waals surface area (Å²) in [5.41, 5.74) is 3.64. The number of imidazole rings is 1. The highest BCUT2D eigenvalue weighted by atomic mass is 79.9. The van der Waals surface area contributed by atoms with E-state index in [1.165, 1.54) is 0 Å². The second-order valence-corrected chi connectivity index (χ2v) is 6.87. The van der Waals surface area contributed by atoms with E-state index in [9.17, 15) is 0 Å². The number of aromatic amines is 2. The Morgan fingerprint density at radius 2 is 1.85 bits per heavy atom. The molecule has 0 saturated carbocycles. The SMILES string of the molecule is Brc1cc2c(Nc3nc4cc(Oc5ccccc5)ccc4[nH]3)c[nH]c2cn1. The molecular weight excluding hydrogens is 406 g/mol. The van der Waals surface area contributed by atoms with Gasteiger partial charge in [-0.15, -0.1) is 0 Å². The molecule has 3 aromatic heterocycles. The van der Waals surface area contributed by atoms with E-state index >= 15 is 0 Å². The number of H-pyrrole nitrogens is 2. The van der Waals surface area contributed by atoms with Gasteiger partial charge in [-0.25, -0.2) is 9.97 Å². The molecule has 0 amide bonds. The van der Waals surface area contributed by atoms with Crippen LogP contribution in [-0.4, -0.2) is 19.9 Å². The Morgan fingerprint density at radius 3 is 2.74 bits per heavy atom. The van der Waals surface area contributed by atoms with Gasteiger partial charge in [-0.3, -0.25) is 0 Å². The summed E-state index contributed by atoms with van der Waals surface area (Å²) in [6.45, 7) is 0. The standard InChI is InChI=1S/C20H14BrN5O/c21-19-9-14-17(10-23-19)22-11-18(14)26-20-24-15-7-6-13(8-16(15)25-20)27-12-4-2-1-3-5-12/h1-11,22H,(H2,24,25,26). The fraction of sp³-hybridized carbons (Fsp3) is 0. The minimum atomic E-state index is 0.663. The van der Waals surface area contributed by atoms with Crippen molar-refractivity contribution in [3.05, 3.63) is 71.6 Å². The first kappa shape index (κ1) is 15.9. The maximum Gasteiger partial charge on any atom is 0.205 e. The van der Waals surface area contributed by atoms with Crippen LogP contribution in [0.3, 0.4) is 0 Å². The second-order valence-electron chi connectivity index (χ2n) is 6.06. The van der Waals surface area contributed by atoms with Gasteiger partial charge in [0, 0.05) is 17.6 Å². The van der Waals surface area contributed by atoms with Crippen molar-refractivity contribution < 1.29 is 4.74 Å². The van der Waals surface area contributed by atoms with Crippen LogP contribution in [0.5, 0.6) is 11.5 Å². The summed E-state index contributed by atoms with van der Waals surface area (Å²) in [6.07, 6.45) is 3.69. The Balaban J connectivity index is 1.45. The quantitative estimate of drug-likeness (QED) is 0.324. The van der Waals surface area contributed by atoms with E-state index < -0.39 is 0 Å². The summed E-state index contributed by atoms with van der Waals surface area (Å²) in [5.74, 6) is 2.20. The number of para-hydroxylation sites is 1. The number of nitrogens with one attached hydrogen (secondary N) is 3. The Labute approximate surface area is 162 Å². The van der Waals surface area contributed by atoms with Crippen molar-refractivity contribution in [3.8, 4) is 11.5 Å². The van der Waals surface area contributed by atoms with Gasteiger partial charge in [0.05, 0.1) is 28.4 Å². The molecule has 0 atom stereocenters. The zero-order chi connectivity index (χ0) is 18.2. The summed E-state index contributed by atoms with van der Waals surface area (Å²) < 4.78 is 6.66. The van der Waals surface area contributed by atoms with E-state index in [0.717, 1.165) is 43.7 Å². The van der Waals surface area contributed by atoms with Gasteiger partial charge < -0.3 is 20.0 Å². The van der Waals surface area contributed by atoms with E-state index in [-0.39, 0.29) is 0 Å². The highest BCUT2D eigenvalue weighted by molar-refractivity contribution is 9.10. The van der Waals surface area contributed by atoms with Gasteiger partial charge in [-0.1, -0.05) is 18.2 Å². The van der Waals surface area contributed by atoms with Gasteiger partial charge in [0.15, 0.2) is 0 Å². The normalized spacial score (nSPS) is 11.1. The number of nitrogens with zero attached hydrogens (tertiary/aromatic N) is 2. The molecule has 3 N–H and O–H groups in total. The fourth-order valence-electron chi connectivity index (χ4n) is 2.96. The van der Waals surface area contributed by atoms with Crippen LogP contribution in [0.15, 0.2) is 71.6 Å². The molecule has 0 radical (unpaired) electrons. The lowest BCUT2D eigenvalue weighted by Gasteiger charge is -2.04. The zero-order valence-electron chi connectivity index (χ0n) is 14.0. The van der Waals surface area contributed by atoms with Gasteiger partial charge in [-0.2, -0.15) is 0 Å². The summed E-state index contributed by atoms with van der Waals surface area (Å²) in [6, 6.07) is 17.5. The molecule has 0 aliphatic heterocycles. The van der Waals surface area contributed by atoms with Crippen LogP contribution >= 0.6 is 15.9 Å². The summed E-state index contributed by atoms with van der Waals surface area (Å²) >= 11 is 3.41. The molecule has 5 aromatic rings. The van der Waals surface area contributed by atoms with Crippen molar-refractivity contribution in [1.29, 1.82) is 0 Å². The smallest absolute Gasteiger partial charge is 0.205 e. The maximum absolute atomic E-state index is 5.88. The van der Waals surface area contributed by atoms with Crippen molar-refractivity contribution in [2.45, 2.75) is 0 Å². The van der Waals surface area contributed by atoms with E-state index in [1.54, 1.807) is 6.20 Å². The molecule has 0 saturated heterocycles. The average Bonchev–Trinajstić information content (AvgIpc) is 3.26. The highest BCUT2D eigenvalue weighted by Crippen LogP contribution is 2.29. The molecule has 0 aliphatic carbocycles. The minimum absolute atomic E-state index is 0.663. The fourth-order valence-corrected chi connectivity index (χ4v) is 3.29. The predicted octanol–water partition coefficient (Wildman–Crippen LogP) is 5.74. The number of benzene rings is 2. The van der Waals surface area contributed by atoms with E-state index in [0.29, 0.717) is 5.95 Å². The molecule has 0 aliphatic rings. The Bertz CT molecular complexity index is 1250. The second kappa shape index (κ2) is 6.44. The molecule has 0 unspecified atom stereocenters. The number of hydrogen-bond donors (Lipinski definition) is 3. The number of ether oxygens (including phenoxy) is 1. The van der Waals surface area contributed by atoms with Crippen LogP contribution in [0.2, 0.25) is 0 Å². The maximum atomic E-state index is 5.88. The van der Waals surface area contributed by atoms with Crippen molar-refractivity contribution in [3.63, 3.8) is 0 Å². The highest BCUT2D eigenvalue weighted by Gasteiger charge is 2.09. The molecular formula is C20H14BrN5O. The topological polar surface area (TPSA) is 78.6 Å². The molecule has 132 valence electrons. The van der Waals surface area contributed by atoms with Crippen LogP contribution in [0, 0.1) is 0 Å². The molecule has 0 spiro atoms. The number of halogens is 1. The molecule has 7 heteroatoms. The minimum Gasteiger partial charge on any atom is -0.457 e. The summed E-state index contributed by atoms with van der Waals surface area (Å²) in [4.78, 5) is 15.3. The van der Waals surface area contributed by atoms with Crippen molar-refractivity contribution in [1.82, 2.24) is 19.9 Å². The van der Waals surface area contributed by atoms with Gasteiger partial charge >= 0.3 is 0 Å². The number of aromatic nitrogens is 4. The van der Waals surface area contributed by atoms with Crippen molar-refractivity contribution >= 4 is 49.5 Å². The molecule has 27 heavy (non-hydrogen) atoms. The molecule has 3 heterocycles. The van der Waals surface area contributed by atoms with Crippen molar-refractivity contribution in [2.75, 3.05) is 5.32 Å². The van der Waals surface area contributed by atoms with Crippen LogP contribution in [0.1, 0.15) is 0 Å². The third-order valence-electron chi connectivity index (χ3n) is 4.22. The molecule has 5 rings (SSSR count). The van der Waals surface area contributed by atoms with E-state index in [2.05, 4.69) is 41.2 Å². The average molecular weight is 420 g/mol. The lowest BCUT2D eigenvalue weighted by molar-refractivity contribution is 0.483. The van der Waals surface area contributed by atoms with Crippen LogP contribution in [0.4, 0.5) is 11.6 Å². The lowest BCUT2D eigenvalue weighted by Crippen LogP contribution is -1.90. The number of fused-ring (bicyclic) bond motifs is 2. The van der Waals surface area contributed by atoms with Crippen LogP contribution in [-0.2, 0) is 0 Å². The van der Waals surface area contributed by atoms with Crippen molar-refractivity contribution in [2.24, 2.45) is 0 Å². The zero-order valence-corrected chi connectivity index (χ0v) is 15.6. The Kier molecular flexibility index (Phi) is 3.79. The van der Waals surface area contributed by atoms with Gasteiger partial charge in [0.2, 0.25) is 5.95 Å². The number of hydrogen-bond acceptors (Lipinski definition) is 4.